The van der Waals surface area contributed by atoms with Gasteiger partial charge in [0.15, 0.2) is 0 Å². The minimum atomic E-state index is -4.47. The summed E-state index contributed by atoms with van der Waals surface area (Å²) in [5.41, 5.74) is -0.362. The van der Waals surface area contributed by atoms with E-state index in [1.165, 1.54) is 18.2 Å². The Hall–Kier alpha value is -1.97. The highest BCUT2D eigenvalue weighted by atomic mass is 35.5. The Morgan fingerprint density at radius 2 is 1.86 bits per heavy atom. The predicted molar refractivity (Wildman–Crippen MR) is 73.7 cm³/mol. The van der Waals surface area contributed by atoms with Gasteiger partial charge in [-0.05, 0) is 30.3 Å². The van der Waals surface area contributed by atoms with Crippen molar-refractivity contribution in [3.63, 3.8) is 0 Å². The van der Waals surface area contributed by atoms with Crippen molar-refractivity contribution in [2.75, 3.05) is 5.32 Å². The number of alkyl halides is 3. The molecule has 3 nitrogen and oxygen atoms in total. The third-order valence-corrected chi connectivity index (χ3v) is 2.99. The van der Waals surface area contributed by atoms with Crippen molar-refractivity contribution in [1.29, 1.82) is 5.26 Å². The molecule has 8 heteroatoms. The van der Waals surface area contributed by atoms with Crippen LogP contribution in [-0.2, 0) is 6.18 Å². The van der Waals surface area contributed by atoms with Gasteiger partial charge in [-0.25, -0.2) is 4.98 Å². The topological polar surface area (TPSA) is 48.7 Å². The summed E-state index contributed by atoms with van der Waals surface area (Å²) in [6.45, 7) is 0. The van der Waals surface area contributed by atoms with Crippen LogP contribution in [0.1, 0.15) is 11.1 Å². The summed E-state index contributed by atoms with van der Waals surface area (Å²) in [7, 11) is 0. The van der Waals surface area contributed by atoms with Crippen LogP contribution in [0.5, 0.6) is 0 Å². The van der Waals surface area contributed by atoms with Gasteiger partial charge in [-0.3, -0.25) is 0 Å². The Morgan fingerprint density at radius 3 is 2.43 bits per heavy atom. The minimum Gasteiger partial charge on any atom is -0.339 e. The van der Waals surface area contributed by atoms with E-state index in [0.29, 0.717) is 0 Å². The molecule has 1 aromatic carbocycles. The zero-order valence-electron chi connectivity index (χ0n) is 10.2. The Balaban J connectivity index is 2.33. The fourth-order valence-corrected chi connectivity index (χ4v) is 1.99. The molecule has 0 spiro atoms. The first-order valence-corrected chi connectivity index (χ1v) is 6.26. The van der Waals surface area contributed by atoms with Crippen LogP contribution in [0.25, 0.3) is 0 Å². The van der Waals surface area contributed by atoms with Gasteiger partial charge in [0.05, 0.1) is 27.9 Å². The number of rotatable bonds is 2. The van der Waals surface area contributed by atoms with Crippen molar-refractivity contribution in [3.05, 3.63) is 51.6 Å². The molecule has 1 N–H and O–H groups in total. The molecule has 21 heavy (non-hydrogen) atoms. The van der Waals surface area contributed by atoms with Gasteiger partial charge in [-0.2, -0.15) is 18.4 Å². The molecular formula is C13H6Cl2F3N3. The van der Waals surface area contributed by atoms with Gasteiger partial charge in [-0.15, -0.1) is 0 Å². The SMILES string of the molecule is N#Cc1cc(Cl)nc(Nc2ccc(C(F)(F)F)cc2Cl)c1. The number of nitrogens with zero attached hydrogens (tertiary/aromatic N) is 2. The Morgan fingerprint density at radius 1 is 1.14 bits per heavy atom. The molecule has 0 bridgehead atoms. The highest BCUT2D eigenvalue weighted by Crippen LogP contribution is 2.34. The summed E-state index contributed by atoms with van der Waals surface area (Å²) in [5, 5.41) is 11.5. The molecule has 2 aromatic rings. The number of pyridine rings is 1. The number of hydrogen-bond acceptors (Lipinski definition) is 3. The van der Waals surface area contributed by atoms with Crippen molar-refractivity contribution in [3.8, 4) is 6.07 Å². The second-order valence-electron chi connectivity index (χ2n) is 3.99. The summed E-state index contributed by atoms with van der Waals surface area (Å²) in [6, 6.07) is 7.53. The molecule has 108 valence electrons. The number of halogens is 5. The van der Waals surface area contributed by atoms with Crippen LogP contribution in [0.2, 0.25) is 10.2 Å². The lowest BCUT2D eigenvalue weighted by atomic mass is 10.2. The maximum absolute atomic E-state index is 12.5. The average Bonchev–Trinajstić information content (AvgIpc) is 2.39. The van der Waals surface area contributed by atoms with E-state index in [0.717, 1.165) is 12.1 Å². The van der Waals surface area contributed by atoms with Crippen LogP contribution in [0.3, 0.4) is 0 Å². The minimum absolute atomic E-state index is 0.0829. The van der Waals surface area contributed by atoms with Crippen molar-refractivity contribution in [1.82, 2.24) is 4.98 Å². The molecule has 0 fully saturated rings. The third kappa shape index (κ3) is 3.78. The Labute approximate surface area is 127 Å². The normalized spacial score (nSPS) is 11.0. The molecule has 0 atom stereocenters. The van der Waals surface area contributed by atoms with Crippen molar-refractivity contribution in [2.45, 2.75) is 6.18 Å². The first kappa shape index (κ1) is 15.4. The van der Waals surface area contributed by atoms with Crippen LogP contribution in [-0.4, -0.2) is 4.98 Å². The first-order valence-electron chi connectivity index (χ1n) is 5.51. The number of benzene rings is 1. The van der Waals surface area contributed by atoms with E-state index in [-0.39, 0.29) is 27.2 Å². The Kier molecular flexibility index (Phi) is 4.26. The van der Waals surface area contributed by atoms with E-state index in [9.17, 15) is 13.2 Å². The average molecular weight is 332 g/mol. The maximum atomic E-state index is 12.5. The van der Waals surface area contributed by atoms with E-state index < -0.39 is 11.7 Å². The second-order valence-corrected chi connectivity index (χ2v) is 4.79. The molecule has 0 aliphatic carbocycles. The number of hydrogen-bond donors (Lipinski definition) is 1. The van der Waals surface area contributed by atoms with Crippen LogP contribution in [0.4, 0.5) is 24.7 Å². The number of nitriles is 1. The number of aromatic nitrogens is 1. The monoisotopic (exact) mass is 331 g/mol. The van der Waals surface area contributed by atoms with E-state index in [1.807, 2.05) is 6.07 Å². The molecule has 0 saturated heterocycles. The van der Waals surface area contributed by atoms with E-state index in [4.69, 9.17) is 28.5 Å². The van der Waals surface area contributed by atoms with Crippen LogP contribution >= 0.6 is 23.2 Å². The smallest absolute Gasteiger partial charge is 0.339 e. The molecule has 2 rings (SSSR count). The summed E-state index contributed by atoms with van der Waals surface area (Å²) < 4.78 is 37.6. The number of nitrogens with one attached hydrogen (secondary N) is 1. The van der Waals surface area contributed by atoms with Crippen molar-refractivity contribution >= 4 is 34.7 Å². The first-order chi connectivity index (χ1) is 9.79. The lowest BCUT2D eigenvalue weighted by Crippen LogP contribution is -2.05. The van der Waals surface area contributed by atoms with E-state index in [1.54, 1.807) is 0 Å². The quantitative estimate of drug-likeness (QED) is 0.786. The molecule has 0 unspecified atom stereocenters. The van der Waals surface area contributed by atoms with Gasteiger partial charge in [0.2, 0.25) is 0 Å². The lowest BCUT2D eigenvalue weighted by Gasteiger charge is -2.11. The van der Waals surface area contributed by atoms with Crippen LogP contribution in [0.15, 0.2) is 30.3 Å². The largest absolute Gasteiger partial charge is 0.416 e. The highest BCUT2D eigenvalue weighted by Gasteiger charge is 2.30. The highest BCUT2D eigenvalue weighted by molar-refractivity contribution is 6.33. The summed E-state index contributed by atoms with van der Waals surface area (Å²) in [6.07, 6.45) is -4.47. The second kappa shape index (κ2) is 5.80. The van der Waals surface area contributed by atoms with E-state index in [2.05, 4.69) is 10.3 Å². The summed E-state index contributed by atoms with van der Waals surface area (Å²) in [5.74, 6) is 0.209. The summed E-state index contributed by atoms with van der Waals surface area (Å²) in [4.78, 5) is 3.91. The van der Waals surface area contributed by atoms with E-state index >= 15 is 0 Å². The molecule has 0 aliphatic heterocycles. The predicted octanol–water partition coefficient (Wildman–Crippen LogP) is 5.02. The van der Waals surface area contributed by atoms with Gasteiger partial charge in [-0.1, -0.05) is 23.2 Å². The van der Waals surface area contributed by atoms with Gasteiger partial charge in [0, 0.05) is 0 Å². The molecule has 0 aliphatic rings. The van der Waals surface area contributed by atoms with Crippen molar-refractivity contribution < 1.29 is 13.2 Å². The standard InChI is InChI=1S/C13H6Cl2F3N3/c14-9-5-8(13(16,17)18)1-2-10(9)20-12-4-7(6-19)3-11(15)21-12/h1-5H,(H,20,21). The molecule has 0 radical (unpaired) electrons. The fraction of sp³-hybridized carbons (Fsp3) is 0.0769. The third-order valence-electron chi connectivity index (χ3n) is 2.48. The molecule has 0 saturated carbocycles. The van der Waals surface area contributed by atoms with Gasteiger partial charge in [0.1, 0.15) is 11.0 Å². The van der Waals surface area contributed by atoms with Crippen LogP contribution in [0, 0.1) is 11.3 Å². The molecule has 1 aromatic heterocycles. The lowest BCUT2D eigenvalue weighted by molar-refractivity contribution is -0.137. The Bertz CT molecular complexity index is 724. The summed E-state index contributed by atoms with van der Waals surface area (Å²) >= 11 is 11.5. The molecular weight excluding hydrogens is 326 g/mol. The number of anilines is 2. The van der Waals surface area contributed by atoms with Crippen LogP contribution < -0.4 is 5.32 Å². The molecule has 1 heterocycles. The van der Waals surface area contributed by atoms with Gasteiger partial charge < -0.3 is 5.32 Å². The van der Waals surface area contributed by atoms with Gasteiger partial charge in [0.25, 0.3) is 0 Å². The zero-order valence-corrected chi connectivity index (χ0v) is 11.7. The van der Waals surface area contributed by atoms with Crippen molar-refractivity contribution in [2.24, 2.45) is 0 Å². The fourth-order valence-electron chi connectivity index (χ4n) is 1.56. The van der Waals surface area contributed by atoms with Gasteiger partial charge >= 0.3 is 6.18 Å². The maximum Gasteiger partial charge on any atom is 0.416 e. The zero-order chi connectivity index (χ0) is 15.6. The molecule has 0 amide bonds.